The van der Waals surface area contributed by atoms with E-state index < -0.39 is 0 Å². The third-order valence-corrected chi connectivity index (χ3v) is 4.07. The minimum Gasteiger partial charge on any atom is -0.316 e. The van der Waals surface area contributed by atoms with Crippen LogP contribution >= 0.6 is 0 Å². The maximum atomic E-state index is 3.31. The molecule has 0 radical (unpaired) electrons. The van der Waals surface area contributed by atoms with Crippen molar-refractivity contribution in [3.8, 4) is 0 Å². The van der Waals surface area contributed by atoms with Crippen LogP contribution in [0.2, 0.25) is 0 Å². The summed E-state index contributed by atoms with van der Waals surface area (Å²) in [6, 6.07) is 1.45. The summed E-state index contributed by atoms with van der Waals surface area (Å²) in [5, 5.41) is 3.31. The Kier molecular flexibility index (Phi) is 5.62. The highest BCUT2D eigenvalue weighted by Crippen LogP contribution is 2.28. The molecule has 0 heterocycles. The summed E-state index contributed by atoms with van der Waals surface area (Å²) in [4.78, 5) is 2.55. The second-order valence-corrected chi connectivity index (χ2v) is 5.21. The lowest BCUT2D eigenvalue weighted by atomic mass is 9.84. The Morgan fingerprint density at radius 1 is 1.27 bits per heavy atom. The molecule has 1 aliphatic carbocycles. The molecule has 15 heavy (non-hydrogen) atoms. The van der Waals surface area contributed by atoms with Crippen LogP contribution in [0.4, 0.5) is 0 Å². The van der Waals surface area contributed by atoms with Crippen LogP contribution in [0.5, 0.6) is 0 Å². The van der Waals surface area contributed by atoms with Gasteiger partial charge in [-0.3, -0.25) is 0 Å². The second-order valence-electron chi connectivity index (χ2n) is 5.21. The zero-order valence-electron chi connectivity index (χ0n) is 10.9. The van der Waals surface area contributed by atoms with Gasteiger partial charge >= 0.3 is 0 Å². The molecule has 0 saturated heterocycles. The molecule has 90 valence electrons. The van der Waals surface area contributed by atoms with Gasteiger partial charge in [-0.05, 0) is 52.6 Å². The van der Waals surface area contributed by atoms with Crippen molar-refractivity contribution in [2.45, 2.75) is 58.0 Å². The van der Waals surface area contributed by atoms with Gasteiger partial charge in [0.1, 0.15) is 0 Å². The summed E-state index contributed by atoms with van der Waals surface area (Å²) in [5.41, 5.74) is 0. The van der Waals surface area contributed by atoms with Crippen LogP contribution in [0, 0.1) is 5.92 Å². The van der Waals surface area contributed by atoms with Crippen LogP contribution in [-0.4, -0.2) is 37.6 Å². The Bertz CT molecular complexity index is 162. The summed E-state index contributed by atoms with van der Waals surface area (Å²) >= 11 is 0. The average Bonchev–Trinajstić information content (AvgIpc) is 2.29. The fourth-order valence-electron chi connectivity index (χ4n) is 2.67. The molecule has 2 nitrogen and oxygen atoms in total. The standard InChI is InChI=1S/C13H28N2/c1-5-12-6-8-13(9-7-12)15(4)10-11(2)14-3/h11-14H,5-10H2,1-4H3. The lowest BCUT2D eigenvalue weighted by molar-refractivity contribution is 0.154. The molecule has 0 aromatic carbocycles. The Morgan fingerprint density at radius 3 is 2.33 bits per heavy atom. The molecule has 1 unspecified atom stereocenters. The SMILES string of the molecule is CCC1CCC(N(C)CC(C)NC)CC1. The Balaban J connectivity index is 2.26. The normalized spacial score (nSPS) is 29.4. The van der Waals surface area contributed by atoms with Gasteiger partial charge in [0.2, 0.25) is 0 Å². The zero-order chi connectivity index (χ0) is 11.3. The minimum atomic E-state index is 0.610. The number of likely N-dealkylation sites (N-methyl/N-ethyl adjacent to an activating group) is 2. The lowest BCUT2D eigenvalue weighted by Crippen LogP contribution is -2.42. The van der Waals surface area contributed by atoms with E-state index in [1.165, 1.54) is 38.6 Å². The smallest absolute Gasteiger partial charge is 0.0163 e. The van der Waals surface area contributed by atoms with Crippen LogP contribution in [-0.2, 0) is 0 Å². The van der Waals surface area contributed by atoms with Gasteiger partial charge in [-0.15, -0.1) is 0 Å². The van der Waals surface area contributed by atoms with Gasteiger partial charge in [-0.25, -0.2) is 0 Å². The summed E-state index contributed by atoms with van der Waals surface area (Å²) in [5.74, 6) is 1.01. The van der Waals surface area contributed by atoms with E-state index in [0.29, 0.717) is 6.04 Å². The third-order valence-electron chi connectivity index (χ3n) is 4.07. The molecule has 1 N–H and O–H groups in total. The van der Waals surface area contributed by atoms with Crippen LogP contribution in [0.3, 0.4) is 0 Å². The highest BCUT2D eigenvalue weighted by atomic mass is 15.1. The lowest BCUT2D eigenvalue weighted by Gasteiger charge is -2.35. The quantitative estimate of drug-likeness (QED) is 0.753. The van der Waals surface area contributed by atoms with E-state index in [4.69, 9.17) is 0 Å². The van der Waals surface area contributed by atoms with E-state index >= 15 is 0 Å². The first kappa shape index (κ1) is 13.0. The second kappa shape index (κ2) is 6.49. The number of nitrogens with one attached hydrogen (secondary N) is 1. The Labute approximate surface area is 95.4 Å². The minimum absolute atomic E-state index is 0.610. The van der Waals surface area contributed by atoms with Gasteiger partial charge < -0.3 is 10.2 Å². The topological polar surface area (TPSA) is 15.3 Å². The molecule has 0 aromatic heterocycles. The van der Waals surface area contributed by atoms with Crippen molar-refractivity contribution in [1.29, 1.82) is 0 Å². The first-order valence-corrected chi connectivity index (χ1v) is 6.54. The van der Waals surface area contributed by atoms with Crippen LogP contribution in [0.25, 0.3) is 0 Å². The van der Waals surface area contributed by atoms with Crippen LogP contribution < -0.4 is 5.32 Å². The third kappa shape index (κ3) is 4.12. The first-order chi connectivity index (χ1) is 7.17. The van der Waals surface area contributed by atoms with Gasteiger partial charge in [-0.1, -0.05) is 13.3 Å². The predicted octanol–water partition coefficient (Wildman–Crippen LogP) is 2.49. The molecule has 1 fully saturated rings. The number of nitrogens with zero attached hydrogens (tertiary/aromatic N) is 1. The molecule has 0 bridgehead atoms. The Morgan fingerprint density at radius 2 is 1.87 bits per heavy atom. The summed E-state index contributed by atoms with van der Waals surface area (Å²) in [7, 11) is 4.33. The average molecular weight is 212 g/mol. The van der Waals surface area contributed by atoms with E-state index in [2.05, 4.69) is 31.1 Å². The molecule has 1 rings (SSSR count). The summed E-state index contributed by atoms with van der Waals surface area (Å²) in [6.07, 6.45) is 7.08. The number of hydrogen-bond donors (Lipinski definition) is 1. The maximum absolute atomic E-state index is 3.31. The van der Waals surface area contributed by atoms with Crippen LogP contribution in [0.15, 0.2) is 0 Å². The largest absolute Gasteiger partial charge is 0.316 e. The van der Waals surface area contributed by atoms with Crippen molar-refractivity contribution in [3.05, 3.63) is 0 Å². The number of hydrogen-bond acceptors (Lipinski definition) is 2. The molecule has 0 aliphatic heterocycles. The molecule has 0 spiro atoms. The fraction of sp³-hybridized carbons (Fsp3) is 1.00. The molecule has 2 heteroatoms. The molecule has 1 atom stereocenters. The van der Waals surface area contributed by atoms with E-state index in [-0.39, 0.29) is 0 Å². The molecule has 1 saturated carbocycles. The summed E-state index contributed by atoms with van der Waals surface area (Å²) in [6.45, 7) is 5.77. The first-order valence-electron chi connectivity index (χ1n) is 6.54. The van der Waals surface area contributed by atoms with E-state index in [1.54, 1.807) is 0 Å². The zero-order valence-corrected chi connectivity index (χ0v) is 10.9. The highest BCUT2D eigenvalue weighted by Gasteiger charge is 2.23. The molecule has 0 aromatic rings. The van der Waals surface area contributed by atoms with E-state index in [0.717, 1.165) is 12.0 Å². The van der Waals surface area contributed by atoms with Gasteiger partial charge in [0, 0.05) is 18.6 Å². The maximum Gasteiger partial charge on any atom is 0.0163 e. The molecule has 1 aliphatic rings. The van der Waals surface area contributed by atoms with Crippen molar-refractivity contribution in [2.75, 3.05) is 20.6 Å². The van der Waals surface area contributed by atoms with Crippen LogP contribution in [0.1, 0.15) is 46.0 Å². The molecule has 0 amide bonds. The van der Waals surface area contributed by atoms with Crippen molar-refractivity contribution in [1.82, 2.24) is 10.2 Å². The van der Waals surface area contributed by atoms with Crippen molar-refractivity contribution in [3.63, 3.8) is 0 Å². The van der Waals surface area contributed by atoms with Crippen molar-refractivity contribution in [2.24, 2.45) is 5.92 Å². The van der Waals surface area contributed by atoms with Gasteiger partial charge in [-0.2, -0.15) is 0 Å². The van der Waals surface area contributed by atoms with Gasteiger partial charge in [0.05, 0.1) is 0 Å². The van der Waals surface area contributed by atoms with Crippen molar-refractivity contribution < 1.29 is 0 Å². The van der Waals surface area contributed by atoms with Gasteiger partial charge in [0.15, 0.2) is 0 Å². The number of rotatable bonds is 5. The fourth-order valence-corrected chi connectivity index (χ4v) is 2.67. The van der Waals surface area contributed by atoms with E-state index in [9.17, 15) is 0 Å². The van der Waals surface area contributed by atoms with Gasteiger partial charge in [0.25, 0.3) is 0 Å². The Hall–Kier alpha value is -0.0800. The van der Waals surface area contributed by atoms with E-state index in [1.807, 2.05) is 7.05 Å². The predicted molar refractivity (Wildman–Crippen MR) is 67.2 cm³/mol. The molecular weight excluding hydrogens is 184 g/mol. The summed E-state index contributed by atoms with van der Waals surface area (Å²) < 4.78 is 0. The highest BCUT2D eigenvalue weighted by molar-refractivity contribution is 4.79. The molecular formula is C13H28N2. The van der Waals surface area contributed by atoms with Crippen molar-refractivity contribution >= 4 is 0 Å². The monoisotopic (exact) mass is 212 g/mol.